The lowest BCUT2D eigenvalue weighted by Crippen LogP contribution is -2.13. The van der Waals surface area contributed by atoms with Gasteiger partial charge in [0.25, 0.3) is 0 Å². The average molecular weight is 323 g/mol. The normalized spacial score (nSPS) is 10.7. The van der Waals surface area contributed by atoms with Crippen molar-refractivity contribution in [3.8, 4) is 0 Å². The van der Waals surface area contributed by atoms with E-state index in [1.165, 1.54) is 0 Å². The van der Waals surface area contributed by atoms with Gasteiger partial charge in [0.15, 0.2) is 5.82 Å². The third-order valence-corrected chi connectivity index (χ3v) is 3.84. The van der Waals surface area contributed by atoms with Gasteiger partial charge in [0.1, 0.15) is 0 Å². The zero-order chi connectivity index (χ0) is 14.0. The number of carbonyl (C=O) groups is 1. The summed E-state index contributed by atoms with van der Waals surface area (Å²) in [6.07, 6.45) is 3.55. The van der Waals surface area contributed by atoms with Crippen LogP contribution in [-0.4, -0.2) is 25.5 Å². The summed E-state index contributed by atoms with van der Waals surface area (Å²) in [4.78, 5) is 20.3. The molecule has 5 nitrogen and oxygen atoms in total. The van der Waals surface area contributed by atoms with Crippen LogP contribution in [0.5, 0.6) is 0 Å². The van der Waals surface area contributed by atoms with E-state index in [1.807, 2.05) is 25.5 Å². The van der Waals surface area contributed by atoms with Gasteiger partial charge in [0, 0.05) is 18.9 Å². The fourth-order valence-electron chi connectivity index (χ4n) is 1.81. The number of hydrogen-bond donors (Lipinski definition) is 0. The molecule has 0 aliphatic carbocycles. The van der Waals surface area contributed by atoms with E-state index in [-0.39, 0.29) is 18.0 Å². The van der Waals surface area contributed by atoms with Crippen LogP contribution in [0.25, 0.3) is 0 Å². The van der Waals surface area contributed by atoms with E-state index in [4.69, 9.17) is 0 Å². The fourth-order valence-corrected chi connectivity index (χ4v) is 2.23. The van der Waals surface area contributed by atoms with Crippen LogP contribution in [0, 0.1) is 13.8 Å². The number of carbonyl (C=O) groups excluding carboxylic acids is 1. The summed E-state index contributed by atoms with van der Waals surface area (Å²) in [5, 5.41) is 4.37. The SMILES string of the molecule is CCn1nc(C)c(Br)c1CC(=O)c1ncc(C)cn1. The number of nitrogens with zero attached hydrogens (tertiary/aromatic N) is 4. The monoisotopic (exact) mass is 322 g/mol. The number of rotatable bonds is 4. The molecule has 0 amide bonds. The summed E-state index contributed by atoms with van der Waals surface area (Å²) in [5.74, 6) is 0.148. The van der Waals surface area contributed by atoms with Gasteiger partial charge in [-0.3, -0.25) is 9.48 Å². The maximum atomic E-state index is 12.2. The van der Waals surface area contributed by atoms with Gasteiger partial charge in [-0.25, -0.2) is 9.97 Å². The third-order valence-electron chi connectivity index (χ3n) is 2.81. The Kier molecular flexibility index (Phi) is 4.09. The number of aromatic nitrogens is 4. The van der Waals surface area contributed by atoms with E-state index in [0.717, 1.165) is 28.0 Å². The fraction of sp³-hybridized carbons (Fsp3) is 0.385. The Balaban J connectivity index is 2.26. The Morgan fingerprint density at radius 1 is 1.32 bits per heavy atom. The Morgan fingerprint density at radius 3 is 2.53 bits per heavy atom. The van der Waals surface area contributed by atoms with Crippen molar-refractivity contribution in [3.05, 3.63) is 39.6 Å². The number of ketones is 1. The Hall–Kier alpha value is -1.56. The maximum absolute atomic E-state index is 12.2. The first-order chi connectivity index (χ1) is 9.02. The van der Waals surface area contributed by atoms with Crippen molar-refractivity contribution in [2.45, 2.75) is 33.7 Å². The highest BCUT2D eigenvalue weighted by molar-refractivity contribution is 9.10. The summed E-state index contributed by atoms with van der Waals surface area (Å²) in [6.45, 7) is 6.52. The van der Waals surface area contributed by atoms with E-state index in [9.17, 15) is 4.79 Å². The van der Waals surface area contributed by atoms with Gasteiger partial charge >= 0.3 is 0 Å². The number of aryl methyl sites for hydroxylation is 3. The average Bonchev–Trinajstić information content (AvgIpc) is 2.67. The molecule has 2 rings (SSSR count). The van der Waals surface area contributed by atoms with E-state index in [0.29, 0.717) is 0 Å². The molecule has 0 saturated heterocycles. The molecule has 2 heterocycles. The van der Waals surface area contributed by atoms with E-state index < -0.39 is 0 Å². The van der Waals surface area contributed by atoms with Gasteiger partial charge in [-0.05, 0) is 42.3 Å². The van der Waals surface area contributed by atoms with Crippen LogP contribution < -0.4 is 0 Å². The molecule has 0 saturated carbocycles. The molecular weight excluding hydrogens is 308 g/mol. The first-order valence-corrected chi connectivity index (χ1v) is 6.85. The van der Waals surface area contributed by atoms with Crippen LogP contribution in [0.4, 0.5) is 0 Å². The third kappa shape index (κ3) is 2.89. The van der Waals surface area contributed by atoms with Gasteiger partial charge in [-0.2, -0.15) is 5.10 Å². The Morgan fingerprint density at radius 2 is 1.95 bits per heavy atom. The molecule has 2 aromatic heterocycles. The van der Waals surface area contributed by atoms with Gasteiger partial charge in [0.2, 0.25) is 5.78 Å². The van der Waals surface area contributed by atoms with E-state index in [1.54, 1.807) is 12.4 Å². The van der Waals surface area contributed by atoms with Crippen LogP contribution >= 0.6 is 15.9 Å². The second-order valence-corrected chi connectivity index (χ2v) is 5.14. The van der Waals surface area contributed by atoms with E-state index >= 15 is 0 Å². The van der Waals surface area contributed by atoms with Crippen molar-refractivity contribution < 1.29 is 4.79 Å². The van der Waals surface area contributed by atoms with Crippen LogP contribution in [0.15, 0.2) is 16.9 Å². The lowest BCUT2D eigenvalue weighted by atomic mass is 10.2. The molecule has 2 aromatic rings. The lowest BCUT2D eigenvalue weighted by molar-refractivity contribution is 0.0980. The van der Waals surface area contributed by atoms with Crippen molar-refractivity contribution in [2.75, 3.05) is 0 Å². The molecule has 19 heavy (non-hydrogen) atoms. The van der Waals surface area contributed by atoms with Crippen molar-refractivity contribution in [1.82, 2.24) is 19.7 Å². The van der Waals surface area contributed by atoms with Crippen LogP contribution in [0.2, 0.25) is 0 Å². The van der Waals surface area contributed by atoms with Gasteiger partial charge < -0.3 is 0 Å². The molecule has 6 heteroatoms. The molecular formula is C13H15BrN4O. The minimum Gasteiger partial charge on any atom is -0.290 e. The zero-order valence-corrected chi connectivity index (χ0v) is 12.7. The van der Waals surface area contributed by atoms with Crippen molar-refractivity contribution >= 4 is 21.7 Å². The van der Waals surface area contributed by atoms with Gasteiger partial charge in [-0.1, -0.05) is 0 Å². The van der Waals surface area contributed by atoms with Gasteiger partial charge in [0.05, 0.1) is 22.3 Å². The molecule has 0 aromatic carbocycles. The molecule has 0 spiro atoms. The highest BCUT2D eigenvalue weighted by Gasteiger charge is 2.18. The first kappa shape index (κ1) is 13.9. The summed E-state index contributed by atoms with van der Waals surface area (Å²) in [6, 6.07) is 0. The van der Waals surface area contributed by atoms with Crippen LogP contribution in [-0.2, 0) is 13.0 Å². The largest absolute Gasteiger partial charge is 0.290 e. The minimum atomic E-state index is -0.102. The molecule has 0 unspecified atom stereocenters. The summed E-state index contributed by atoms with van der Waals surface area (Å²) >= 11 is 3.48. The van der Waals surface area contributed by atoms with Crippen molar-refractivity contribution in [3.63, 3.8) is 0 Å². The standard InChI is InChI=1S/C13H15BrN4O/c1-4-18-10(12(14)9(3)17-18)5-11(19)13-15-6-8(2)7-16-13/h6-7H,4-5H2,1-3H3. The molecule has 0 aliphatic rings. The predicted octanol–water partition coefficient (Wildman–Crippen LogP) is 2.50. The molecule has 0 bridgehead atoms. The predicted molar refractivity (Wildman–Crippen MR) is 75.1 cm³/mol. The first-order valence-electron chi connectivity index (χ1n) is 6.06. The van der Waals surface area contributed by atoms with Crippen LogP contribution in [0.1, 0.15) is 34.5 Å². The number of Topliss-reactive ketones (excluding diaryl/α,β-unsaturated/α-hetero) is 1. The molecule has 0 atom stereocenters. The topological polar surface area (TPSA) is 60.7 Å². The second-order valence-electron chi connectivity index (χ2n) is 4.35. The Labute approximate surface area is 120 Å². The summed E-state index contributed by atoms with van der Waals surface area (Å²) in [5.41, 5.74) is 2.69. The minimum absolute atomic E-state index is 0.102. The maximum Gasteiger partial charge on any atom is 0.205 e. The summed E-state index contributed by atoms with van der Waals surface area (Å²) < 4.78 is 2.71. The molecule has 0 N–H and O–H groups in total. The summed E-state index contributed by atoms with van der Waals surface area (Å²) in [7, 11) is 0. The molecule has 0 fully saturated rings. The highest BCUT2D eigenvalue weighted by Crippen LogP contribution is 2.22. The lowest BCUT2D eigenvalue weighted by Gasteiger charge is -2.04. The second kappa shape index (κ2) is 5.61. The zero-order valence-electron chi connectivity index (χ0n) is 11.1. The van der Waals surface area contributed by atoms with Crippen molar-refractivity contribution in [1.29, 1.82) is 0 Å². The van der Waals surface area contributed by atoms with E-state index in [2.05, 4.69) is 31.0 Å². The van der Waals surface area contributed by atoms with Gasteiger partial charge in [-0.15, -0.1) is 0 Å². The quantitative estimate of drug-likeness (QED) is 0.811. The van der Waals surface area contributed by atoms with Crippen LogP contribution in [0.3, 0.4) is 0 Å². The molecule has 0 radical (unpaired) electrons. The number of hydrogen-bond acceptors (Lipinski definition) is 4. The van der Waals surface area contributed by atoms with Crippen molar-refractivity contribution in [2.24, 2.45) is 0 Å². The Bertz CT molecular complexity index is 604. The number of halogens is 1. The highest BCUT2D eigenvalue weighted by atomic mass is 79.9. The molecule has 100 valence electrons. The smallest absolute Gasteiger partial charge is 0.205 e. The molecule has 0 aliphatic heterocycles.